The standard InChI is InChI=1S/C19H28N2O2S/c1-4-12-20(13-5-2)14-10-18-11-15-21(16-18)24(22,23)19-8-6-17(3)7-9-19/h6-9,11,15-16H,4-5,10,12-14H2,1-3H3. The molecule has 4 nitrogen and oxygen atoms in total. The molecule has 0 saturated heterocycles. The van der Waals surface area contributed by atoms with Crippen LogP contribution in [-0.4, -0.2) is 36.9 Å². The lowest BCUT2D eigenvalue weighted by Gasteiger charge is -2.20. The minimum atomic E-state index is -3.49. The van der Waals surface area contributed by atoms with E-state index in [-0.39, 0.29) is 0 Å². The third kappa shape index (κ3) is 4.71. The van der Waals surface area contributed by atoms with E-state index in [0.29, 0.717) is 4.90 Å². The summed E-state index contributed by atoms with van der Waals surface area (Å²) in [7, 11) is -3.49. The van der Waals surface area contributed by atoms with Crippen molar-refractivity contribution in [1.29, 1.82) is 0 Å². The van der Waals surface area contributed by atoms with Gasteiger partial charge in [-0.25, -0.2) is 12.4 Å². The molecule has 0 saturated carbocycles. The van der Waals surface area contributed by atoms with E-state index in [2.05, 4.69) is 18.7 Å². The first-order valence-electron chi connectivity index (χ1n) is 8.68. The maximum Gasteiger partial charge on any atom is 0.267 e. The van der Waals surface area contributed by atoms with Crippen LogP contribution in [0.2, 0.25) is 0 Å². The summed E-state index contributed by atoms with van der Waals surface area (Å²) in [5.41, 5.74) is 2.11. The van der Waals surface area contributed by atoms with Crippen LogP contribution in [0, 0.1) is 6.92 Å². The quantitative estimate of drug-likeness (QED) is 0.694. The van der Waals surface area contributed by atoms with Crippen molar-refractivity contribution in [2.75, 3.05) is 19.6 Å². The van der Waals surface area contributed by atoms with E-state index in [4.69, 9.17) is 0 Å². The van der Waals surface area contributed by atoms with Crippen LogP contribution < -0.4 is 0 Å². The van der Waals surface area contributed by atoms with Crippen LogP contribution in [0.3, 0.4) is 0 Å². The van der Waals surface area contributed by atoms with Crippen LogP contribution >= 0.6 is 0 Å². The molecule has 1 aromatic carbocycles. The zero-order valence-electron chi connectivity index (χ0n) is 14.9. The lowest BCUT2D eigenvalue weighted by Crippen LogP contribution is -2.27. The first-order chi connectivity index (χ1) is 11.5. The molecular weight excluding hydrogens is 320 g/mol. The molecule has 0 radical (unpaired) electrons. The Hall–Kier alpha value is -1.59. The molecule has 0 fully saturated rings. The van der Waals surface area contributed by atoms with E-state index in [0.717, 1.165) is 50.0 Å². The van der Waals surface area contributed by atoms with E-state index in [9.17, 15) is 8.42 Å². The van der Waals surface area contributed by atoms with E-state index in [1.54, 1.807) is 24.5 Å². The van der Waals surface area contributed by atoms with Gasteiger partial charge in [-0.15, -0.1) is 0 Å². The fraction of sp³-hybridized carbons (Fsp3) is 0.474. The molecular formula is C19H28N2O2S. The third-order valence-corrected chi connectivity index (χ3v) is 5.77. The van der Waals surface area contributed by atoms with Crippen molar-refractivity contribution in [3.8, 4) is 0 Å². The first kappa shape index (κ1) is 18.7. The number of aromatic nitrogens is 1. The van der Waals surface area contributed by atoms with Crippen LogP contribution in [0.5, 0.6) is 0 Å². The maximum atomic E-state index is 12.7. The van der Waals surface area contributed by atoms with E-state index < -0.39 is 10.0 Å². The molecule has 0 N–H and O–H groups in total. The van der Waals surface area contributed by atoms with Crippen molar-refractivity contribution in [1.82, 2.24) is 8.87 Å². The van der Waals surface area contributed by atoms with Gasteiger partial charge < -0.3 is 4.90 Å². The van der Waals surface area contributed by atoms with Crippen molar-refractivity contribution in [2.45, 2.75) is 44.9 Å². The van der Waals surface area contributed by atoms with Crippen LogP contribution in [0.15, 0.2) is 47.6 Å². The highest BCUT2D eigenvalue weighted by Crippen LogP contribution is 2.16. The predicted molar refractivity (Wildman–Crippen MR) is 98.9 cm³/mol. The summed E-state index contributed by atoms with van der Waals surface area (Å²) in [6.45, 7) is 9.48. The van der Waals surface area contributed by atoms with Gasteiger partial charge in [0, 0.05) is 18.9 Å². The summed E-state index contributed by atoms with van der Waals surface area (Å²) in [4.78, 5) is 2.76. The normalized spacial score (nSPS) is 12.0. The fourth-order valence-electron chi connectivity index (χ4n) is 2.80. The van der Waals surface area contributed by atoms with Crippen LogP contribution in [0.4, 0.5) is 0 Å². The predicted octanol–water partition coefficient (Wildman–Crippen LogP) is 3.70. The van der Waals surface area contributed by atoms with Gasteiger partial charge in [-0.1, -0.05) is 31.5 Å². The number of benzene rings is 1. The van der Waals surface area contributed by atoms with Gasteiger partial charge in [-0.05, 0) is 63.0 Å². The highest BCUT2D eigenvalue weighted by molar-refractivity contribution is 7.90. The van der Waals surface area contributed by atoms with Gasteiger partial charge in [0.05, 0.1) is 4.90 Å². The summed E-state index contributed by atoms with van der Waals surface area (Å²) >= 11 is 0. The molecule has 0 unspecified atom stereocenters. The molecule has 2 rings (SSSR count). The minimum Gasteiger partial charge on any atom is -0.303 e. The Kier molecular flexibility index (Phi) is 6.63. The summed E-state index contributed by atoms with van der Waals surface area (Å²) in [6, 6.07) is 8.88. The van der Waals surface area contributed by atoms with Crippen molar-refractivity contribution in [3.63, 3.8) is 0 Å². The average Bonchev–Trinajstić information content (AvgIpc) is 3.03. The summed E-state index contributed by atoms with van der Waals surface area (Å²) < 4.78 is 26.6. The van der Waals surface area contributed by atoms with Gasteiger partial charge in [0.25, 0.3) is 10.0 Å². The Morgan fingerprint density at radius 1 is 0.958 bits per heavy atom. The monoisotopic (exact) mass is 348 g/mol. The van der Waals surface area contributed by atoms with Crippen molar-refractivity contribution in [2.24, 2.45) is 0 Å². The Bertz CT molecular complexity index is 727. The number of hydrogen-bond acceptors (Lipinski definition) is 3. The molecule has 0 amide bonds. The Balaban J connectivity index is 2.08. The summed E-state index contributed by atoms with van der Waals surface area (Å²) in [5.74, 6) is 0. The smallest absolute Gasteiger partial charge is 0.267 e. The van der Waals surface area contributed by atoms with Crippen molar-refractivity contribution >= 4 is 10.0 Å². The molecule has 132 valence electrons. The number of hydrogen-bond donors (Lipinski definition) is 0. The SMILES string of the molecule is CCCN(CCC)CCc1ccn(S(=O)(=O)c2ccc(C)cc2)c1. The first-order valence-corrected chi connectivity index (χ1v) is 10.1. The molecule has 1 aromatic heterocycles. The minimum absolute atomic E-state index is 0.328. The van der Waals surface area contributed by atoms with Gasteiger partial charge in [-0.3, -0.25) is 0 Å². The molecule has 0 spiro atoms. The van der Waals surface area contributed by atoms with E-state index in [1.165, 1.54) is 3.97 Å². The molecule has 24 heavy (non-hydrogen) atoms. The lowest BCUT2D eigenvalue weighted by molar-refractivity contribution is 0.278. The largest absolute Gasteiger partial charge is 0.303 e. The summed E-state index contributed by atoms with van der Waals surface area (Å²) in [6.07, 6.45) is 6.54. The average molecular weight is 349 g/mol. The van der Waals surface area contributed by atoms with Crippen LogP contribution in [0.1, 0.15) is 37.8 Å². The zero-order valence-corrected chi connectivity index (χ0v) is 15.7. The second kappa shape index (κ2) is 8.49. The maximum absolute atomic E-state index is 12.7. The second-order valence-electron chi connectivity index (χ2n) is 6.26. The molecule has 0 atom stereocenters. The van der Waals surface area contributed by atoms with Gasteiger partial charge >= 0.3 is 0 Å². The van der Waals surface area contributed by atoms with Gasteiger partial charge in [-0.2, -0.15) is 0 Å². The second-order valence-corrected chi connectivity index (χ2v) is 8.10. The van der Waals surface area contributed by atoms with Gasteiger partial charge in [0.2, 0.25) is 0 Å². The third-order valence-electron chi connectivity index (χ3n) is 4.12. The van der Waals surface area contributed by atoms with Crippen molar-refractivity contribution in [3.05, 3.63) is 53.9 Å². The van der Waals surface area contributed by atoms with E-state index >= 15 is 0 Å². The van der Waals surface area contributed by atoms with Crippen molar-refractivity contribution < 1.29 is 8.42 Å². The Morgan fingerprint density at radius 2 is 1.58 bits per heavy atom. The van der Waals surface area contributed by atoms with E-state index in [1.807, 2.05) is 25.1 Å². The number of rotatable bonds is 9. The van der Waals surface area contributed by atoms with Gasteiger partial charge in [0.1, 0.15) is 0 Å². The molecule has 2 aromatic rings. The molecule has 0 bridgehead atoms. The molecule has 1 heterocycles. The Morgan fingerprint density at radius 3 is 2.17 bits per heavy atom. The highest BCUT2D eigenvalue weighted by atomic mass is 32.2. The highest BCUT2D eigenvalue weighted by Gasteiger charge is 2.16. The number of nitrogens with zero attached hydrogens (tertiary/aromatic N) is 2. The zero-order chi connectivity index (χ0) is 17.6. The Labute approximate surface area is 146 Å². The molecule has 0 aliphatic carbocycles. The molecule has 0 aliphatic rings. The molecule has 0 aliphatic heterocycles. The summed E-state index contributed by atoms with van der Waals surface area (Å²) in [5, 5.41) is 0. The lowest BCUT2D eigenvalue weighted by atomic mass is 10.2. The fourth-order valence-corrected chi connectivity index (χ4v) is 4.02. The topological polar surface area (TPSA) is 42.3 Å². The molecule has 5 heteroatoms. The van der Waals surface area contributed by atoms with Crippen LogP contribution in [-0.2, 0) is 16.4 Å². The van der Waals surface area contributed by atoms with Gasteiger partial charge in [0.15, 0.2) is 0 Å². The number of aryl methyl sites for hydroxylation is 1. The van der Waals surface area contributed by atoms with Crippen LogP contribution in [0.25, 0.3) is 0 Å².